The smallest absolute Gasteiger partial charge is 0.329 e. The van der Waals surface area contributed by atoms with Crippen LogP contribution in [0.15, 0.2) is 9.59 Å². The van der Waals surface area contributed by atoms with Gasteiger partial charge in [-0.25, -0.2) is 13.6 Å². The number of aryl methyl sites for hydroxylation is 1. The Morgan fingerprint density at radius 1 is 1.30 bits per heavy atom. The Kier molecular flexibility index (Phi) is 4.21. The minimum Gasteiger partial charge on any atom is -0.396 e. The normalized spacial score (nSPS) is 21.2. The molecule has 1 saturated heterocycles. The van der Waals surface area contributed by atoms with E-state index in [9.17, 15) is 14.0 Å². The molecule has 2 unspecified atom stereocenters. The number of hydrogen-bond donors (Lipinski definition) is 3. The maximum atomic E-state index is 15.2. The van der Waals surface area contributed by atoms with Crippen molar-refractivity contribution >= 4 is 22.3 Å². The van der Waals surface area contributed by atoms with Crippen LogP contribution in [0.4, 0.5) is 20.2 Å². The number of H-pyrrole nitrogens is 1. The SMILES string of the molecule is Cc1c(N2CCC(C(N)CF)C2)c(F)c(N)c2c(=O)[nH]c(=O)n(C3CC3)c12. The molecule has 0 radical (unpaired) electrons. The van der Waals surface area contributed by atoms with Crippen molar-refractivity contribution in [2.45, 2.75) is 38.3 Å². The van der Waals surface area contributed by atoms with Gasteiger partial charge in [0.05, 0.1) is 22.3 Å². The Bertz CT molecular complexity index is 1030. The summed E-state index contributed by atoms with van der Waals surface area (Å²) < 4.78 is 29.6. The number of alkyl halides is 1. The predicted octanol–water partition coefficient (Wildman–Crippen LogP) is 1.18. The molecule has 2 aromatic rings. The second-order valence-electron chi connectivity index (χ2n) is 7.60. The number of nitrogens with two attached hydrogens (primary N) is 2. The third-order valence-electron chi connectivity index (χ3n) is 5.80. The Morgan fingerprint density at radius 3 is 2.63 bits per heavy atom. The van der Waals surface area contributed by atoms with Crippen LogP contribution in [0.1, 0.15) is 30.9 Å². The van der Waals surface area contributed by atoms with Crippen LogP contribution in [0.3, 0.4) is 0 Å². The van der Waals surface area contributed by atoms with Gasteiger partial charge in [-0.2, -0.15) is 0 Å². The van der Waals surface area contributed by atoms with Crippen LogP contribution < -0.4 is 27.6 Å². The van der Waals surface area contributed by atoms with E-state index in [0.717, 1.165) is 12.8 Å². The first-order valence-corrected chi connectivity index (χ1v) is 9.17. The van der Waals surface area contributed by atoms with Crippen molar-refractivity contribution in [3.63, 3.8) is 0 Å². The van der Waals surface area contributed by atoms with Gasteiger partial charge in [-0.15, -0.1) is 0 Å². The van der Waals surface area contributed by atoms with Crippen LogP contribution in [0.5, 0.6) is 0 Å². The fourth-order valence-corrected chi connectivity index (χ4v) is 4.20. The van der Waals surface area contributed by atoms with Gasteiger partial charge in [0.25, 0.3) is 5.56 Å². The molecule has 9 heteroatoms. The molecule has 1 aromatic heterocycles. The average Bonchev–Trinajstić information content (AvgIpc) is 3.35. The number of aromatic amines is 1. The summed E-state index contributed by atoms with van der Waals surface area (Å²) in [7, 11) is 0. The molecule has 1 saturated carbocycles. The third kappa shape index (κ3) is 2.72. The maximum absolute atomic E-state index is 15.2. The second-order valence-corrected chi connectivity index (χ2v) is 7.60. The highest BCUT2D eigenvalue weighted by Crippen LogP contribution is 2.41. The number of rotatable bonds is 4. The number of benzene rings is 1. The summed E-state index contributed by atoms with van der Waals surface area (Å²) in [6.45, 7) is 1.99. The largest absolute Gasteiger partial charge is 0.396 e. The molecule has 0 bridgehead atoms. The zero-order valence-corrected chi connectivity index (χ0v) is 15.1. The summed E-state index contributed by atoms with van der Waals surface area (Å²) in [5.41, 5.74) is 11.5. The number of halogens is 2. The molecule has 4 rings (SSSR count). The molecular formula is C18H23F2N5O2. The molecule has 2 aliphatic rings. The molecule has 1 aliphatic carbocycles. The molecule has 2 heterocycles. The summed E-state index contributed by atoms with van der Waals surface area (Å²) in [5.74, 6) is -0.767. The highest BCUT2D eigenvalue weighted by atomic mass is 19.1. The molecule has 27 heavy (non-hydrogen) atoms. The van der Waals surface area contributed by atoms with Gasteiger partial charge in [-0.05, 0) is 32.1 Å². The fourth-order valence-electron chi connectivity index (χ4n) is 4.20. The minimum absolute atomic E-state index is 0.0106. The highest BCUT2D eigenvalue weighted by Gasteiger charge is 2.34. The molecule has 2 fully saturated rings. The van der Waals surface area contributed by atoms with Crippen LogP contribution in [-0.4, -0.2) is 35.4 Å². The number of nitrogens with zero attached hydrogens (tertiary/aromatic N) is 2. The van der Waals surface area contributed by atoms with Gasteiger partial charge >= 0.3 is 5.69 Å². The Labute approximate surface area is 153 Å². The number of aromatic nitrogens is 2. The van der Waals surface area contributed by atoms with Crippen LogP contribution >= 0.6 is 0 Å². The molecule has 1 aromatic carbocycles. The summed E-state index contributed by atoms with van der Waals surface area (Å²) >= 11 is 0. The minimum atomic E-state index is -0.684. The molecule has 2 atom stereocenters. The first-order valence-electron chi connectivity index (χ1n) is 9.17. The lowest BCUT2D eigenvalue weighted by Gasteiger charge is -2.25. The monoisotopic (exact) mass is 379 g/mol. The van der Waals surface area contributed by atoms with Crippen molar-refractivity contribution in [2.24, 2.45) is 11.7 Å². The van der Waals surface area contributed by atoms with E-state index in [1.165, 1.54) is 4.57 Å². The summed E-state index contributed by atoms with van der Waals surface area (Å²) in [6, 6.07) is -0.608. The van der Waals surface area contributed by atoms with Gasteiger partial charge < -0.3 is 16.4 Å². The number of nitrogens with one attached hydrogen (secondary N) is 1. The van der Waals surface area contributed by atoms with Crippen LogP contribution in [0, 0.1) is 18.7 Å². The number of hydrogen-bond acceptors (Lipinski definition) is 5. The topological polar surface area (TPSA) is 110 Å². The zero-order valence-electron chi connectivity index (χ0n) is 15.1. The lowest BCUT2D eigenvalue weighted by Crippen LogP contribution is -2.35. The van der Waals surface area contributed by atoms with Crippen molar-refractivity contribution in [3.8, 4) is 0 Å². The Balaban J connectivity index is 1.94. The standard InChI is InChI=1S/C18H23F2N5O2/c1-8-15-12(17(26)23-18(27)25(15)10-2-3-10)14(22)13(20)16(8)24-5-4-9(7-24)11(21)6-19/h9-11H,2-7,21-22H2,1H3,(H,23,26,27). The van der Waals surface area contributed by atoms with E-state index in [0.29, 0.717) is 30.6 Å². The highest BCUT2D eigenvalue weighted by molar-refractivity contribution is 5.97. The van der Waals surface area contributed by atoms with Crippen molar-refractivity contribution in [1.82, 2.24) is 9.55 Å². The van der Waals surface area contributed by atoms with Gasteiger partial charge in [-0.1, -0.05) is 0 Å². The summed E-state index contributed by atoms with van der Waals surface area (Å²) in [5, 5.41) is 0.0106. The molecular weight excluding hydrogens is 356 g/mol. The number of fused-ring (bicyclic) bond motifs is 1. The van der Waals surface area contributed by atoms with Crippen molar-refractivity contribution in [3.05, 3.63) is 32.2 Å². The van der Waals surface area contributed by atoms with E-state index in [2.05, 4.69) is 4.98 Å². The Hall–Kier alpha value is -2.42. The molecule has 1 aliphatic heterocycles. The quantitative estimate of drug-likeness (QED) is 0.691. The summed E-state index contributed by atoms with van der Waals surface area (Å²) in [4.78, 5) is 28.8. The molecule has 5 N–H and O–H groups in total. The fraction of sp³-hybridized carbons (Fsp3) is 0.556. The molecule has 0 spiro atoms. The summed E-state index contributed by atoms with van der Waals surface area (Å²) in [6.07, 6.45) is 2.29. The van der Waals surface area contributed by atoms with E-state index < -0.39 is 29.8 Å². The molecule has 7 nitrogen and oxygen atoms in total. The lowest BCUT2D eigenvalue weighted by molar-refractivity contribution is 0.350. The number of nitrogen functional groups attached to an aromatic ring is 1. The molecule has 0 amide bonds. The van der Waals surface area contributed by atoms with Crippen LogP contribution in [0.2, 0.25) is 0 Å². The number of anilines is 2. The van der Waals surface area contributed by atoms with Gasteiger partial charge in [0.2, 0.25) is 0 Å². The van der Waals surface area contributed by atoms with E-state index in [-0.39, 0.29) is 28.7 Å². The zero-order chi connectivity index (χ0) is 19.5. The van der Waals surface area contributed by atoms with E-state index in [1.54, 1.807) is 11.8 Å². The average molecular weight is 379 g/mol. The van der Waals surface area contributed by atoms with Gasteiger partial charge in [0, 0.05) is 30.7 Å². The Morgan fingerprint density at radius 2 is 2.00 bits per heavy atom. The van der Waals surface area contributed by atoms with Crippen LogP contribution in [0.25, 0.3) is 10.9 Å². The molecule has 146 valence electrons. The first kappa shape index (κ1) is 18.0. The van der Waals surface area contributed by atoms with Crippen LogP contribution in [-0.2, 0) is 0 Å². The van der Waals surface area contributed by atoms with E-state index in [1.807, 2.05) is 0 Å². The van der Waals surface area contributed by atoms with Gasteiger partial charge in [0.15, 0.2) is 5.82 Å². The van der Waals surface area contributed by atoms with Crippen molar-refractivity contribution in [1.29, 1.82) is 0 Å². The van der Waals surface area contributed by atoms with Crippen molar-refractivity contribution < 1.29 is 8.78 Å². The van der Waals surface area contributed by atoms with Gasteiger partial charge in [-0.3, -0.25) is 14.3 Å². The first-order chi connectivity index (χ1) is 12.8. The van der Waals surface area contributed by atoms with Crippen molar-refractivity contribution in [2.75, 3.05) is 30.4 Å². The second kappa shape index (κ2) is 6.33. The third-order valence-corrected chi connectivity index (χ3v) is 5.80. The van der Waals surface area contributed by atoms with E-state index in [4.69, 9.17) is 11.5 Å². The van der Waals surface area contributed by atoms with Gasteiger partial charge in [0.1, 0.15) is 6.67 Å². The lowest BCUT2D eigenvalue weighted by atomic mass is 10.0. The van der Waals surface area contributed by atoms with E-state index >= 15 is 4.39 Å². The maximum Gasteiger partial charge on any atom is 0.329 e. The predicted molar refractivity (Wildman–Crippen MR) is 100 cm³/mol.